The topological polar surface area (TPSA) is 49.8 Å². The fourth-order valence-electron chi connectivity index (χ4n) is 2.50. The molecule has 0 unspecified atom stereocenters. The Morgan fingerprint density at radius 3 is 2.43 bits per heavy atom. The van der Waals surface area contributed by atoms with Crippen LogP contribution in [0.5, 0.6) is 0 Å². The van der Waals surface area contributed by atoms with E-state index in [1.165, 1.54) is 6.92 Å². The Morgan fingerprint density at radius 2 is 1.90 bits per heavy atom. The van der Waals surface area contributed by atoms with Crippen LogP contribution in [0.25, 0.3) is 0 Å². The standard InChI is InChI=1S/C15H19F2NO3/c1-2-21-13(19)15(16,17)14(20)8-10-18(11-9-14)12-6-4-3-5-7-12/h3-7,20H,2,8-11H2,1H3. The average molecular weight is 299 g/mol. The molecule has 1 saturated heterocycles. The van der Waals surface area contributed by atoms with Crippen molar-refractivity contribution in [2.45, 2.75) is 31.3 Å². The number of nitrogens with zero attached hydrogens (tertiary/aromatic N) is 1. The van der Waals surface area contributed by atoms with Gasteiger partial charge in [0.1, 0.15) is 5.60 Å². The van der Waals surface area contributed by atoms with Crippen LogP contribution in [-0.2, 0) is 9.53 Å². The predicted molar refractivity (Wildman–Crippen MR) is 74.4 cm³/mol. The molecule has 1 aliphatic heterocycles. The number of aliphatic hydroxyl groups is 1. The monoisotopic (exact) mass is 299 g/mol. The molecule has 0 bridgehead atoms. The van der Waals surface area contributed by atoms with Gasteiger partial charge in [-0.05, 0) is 19.1 Å². The summed E-state index contributed by atoms with van der Waals surface area (Å²) in [4.78, 5) is 13.3. The van der Waals surface area contributed by atoms with Gasteiger partial charge in [-0.3, -0.25) is 0 Å². The second kappa shape index (κ2) is 5.97. The number of alkyl halides is 2. The summed E-state index contributed by atoms with van der Waals surface area (Å²) in [5, 5.41) is 10.2. The number of esters is 1. The lowest BCUT2D eigenvalue weighted by Crippen LogP contribution is -2.59. The van der Waals surface area contributed by atoms with E-state index in [-0.39, 0.29) is 32.5 Å². The summed E-state index contributed by atoms with van der Waals surface area (Å²) in [6, 6.07) is 9.37. The SMILES string of the molecule is CCOC(=O)C(F)(F)C1(O)CCN(c2ccccc2)CC1. The van der Waals surface area contributed by atoms with E-state index in [0.717, 1.165) is 5.69 Å². The molecule has 1 aromatic rings. The van der Waals surface area contributed by atoms with Crippen LogP contribution >= 0.6 is 0 Å². The molecule has 1 fully saturated rings. The molecule has 0 amide bonds. The van der Waals surface area contributed by atoms with Crippen molar-refractivity contribution in [3.8, 4) is 0 Å². The minimum atomic E-state index is -3.88. The van der Waals surface area contributed by atoms with Crippen LogP contribution in [-0.4, -0.2) is 42.3 Å². The van der Waals surface area contributed by atoms with E-state index in [4.69, 9.17) is 0 Å². The summed E-state index contributed by atoms with van der Waals surface area (Å²) >= 11 is 0. The van der Waals surface area contributed by atoms with Gasteiger partial charge >= 0.3 is 11.9 Å². The summed E-state index contributed by atoms with van der Waals surface area (Å²) in [5.41, 5.74) is -1.43. The molecule has 0 aliphatic carbocycles. The van der Waals surface area contributed by atoms with Crippen LogP contribution in [0.2, 0.25) is 0 Å². The number of anilines is 1. The summed E-state index contributed by atoms with van der Waals surface area (Å²) in [5.74, 6) is -5.54. The number of piperidine rings is 1. The summed E-state index contributed by atoms with van der Waals surface area (Å²) < 4.78 is 32.5. The first kappa shape index (κ1) is 15.7. The molecule has 4 nitrogen and oxygen atoms in total. The second-order valence-corrected chi connectivity index (χ2v) is 5.15. The Morgan fingerprint density at radius 1 is 1.33 bits per heavy atom. The number of hydrogen-bond acceptors (Lipinski definition) is 4. The third-order valence-electron chi connectivity index (χ3n) is 3.83. The highest BCUT2D eigenvalue weighted by Gasteiger charge is 2.60. The third-order valence-corrected chi connectivity index (χ3v) is 3.83. The Hall–Kier alpha value is -1.69. The van der Waals surface area contributed by atoms with Gasteiger partial charge < -0.3 is 14.7 Å². The van der Waals surface area contributed by atoms with Gasteiger partial charge in [-0.2, -0.15) is 8.78 Å². The highest BCUT2D eigenvalue weighted by Crippen LogP contribution is 2.39. The number of carbonyl (C=O) groups excluding carboxylic acids is 1. The molecular weight excluding hydrogens is 280 g/mol. The first-order chi connectivity index (χ1) is 9.90. The highest BCUT2D eigenvalue weighted by atomic mass is 19.3. The molecule has 1 N–H and O–H groups in total. The lowest BCUT2D eigenvalue weighted by Gasteiger charge is -2.42. The first-order valence-corrected chi connectivity index (χ1v) is 6.98. The molecule has 21 heavy (non-hydrogen) atoms. The van der Waals surface area contributed by atoms with Gasteiger partial charge in [0, 0.05) is 31.6 Å². The Bertz CT molecular complexity index is 485. The molecule has 1 heterocycles. The summed E-state index contributed by atoms with van der Waals surface area (Å²) in [6.07, 6.45) is -0.374. The molecule has 0 radical (unpaired) electrons. The molecular formula is C15H19F2NO3. The molecule has 0 atom stereocenters. The Balaban J connectivity index is 2.06. The molecule has 6 heteroatoms. The maximum absolute atomic E-state index is 14.1. The zero-order valence-corrected chi connectivity index (χ0v) is 11.9. The summed E-state index contributed by atoms with van der Waals surface area (Å²) in [7, 11) is 0. The second-order valence-electron chi connectivity index (χ2n) is 5.15. The largest absolute Gasteiger partial charge is 0.461 e. The van der Waals surface area contributed by atoms with Crippen molar-refractivity contribution in [2.75, 3.05) is 24.6 Å². The quantitative estimate of drug-likeness (QED) is 0.866. The highest BCUT2D eigenvalue weighted by molar-refractivity contribution is 5.79. The molecule has 1 aromatic carbocycles. The smallest absolute Gasteiger partial charge is 0.380 e. The minimum absolute atomic E-state index is 0.138. The molecule has 1 aliphatic rings. The lowest BCUT2D eigenvalue weighted by molar-refractivity contribution is -0.217. The first-order valence-electron chi connectivity index (χ1n) is 6.98. The van der Waals surface area contributed by atoms with Gasteiger partial charge in [-0.15, -0.1) is 0 Å². The lowest BCUT2D eigenvalue weighted by atomic mass is 9.85. The van der Waals surface area contributed by atoms with E-state index < -0.39 is 17.5 Å². The van der Waals surface area contributed by atoms with Crippen molar-refractivity contribution in [3.05, 3.63) is 30.3 Å². The van der Waals surface area contributed by atoms with Gasteiger partial charge in [0.25, 0.3) is 0 Å². The van der Waals surface area contributed by atoms with Crippen molar-refractivity contribution in [1.82, 2.24) is 0 Å². The van der Waals surface area contributed by atoms with E-state index in [1.54, 1.807) is 0 Å². The van der Waals surface area contributed by atoms with Crippen LogP contribution in [0.3, 0.4) is 0 Å². The van der Waals surface area contributed by atoms with Crippen LogP contribution in [0, 0.1) is 0 Å². The normalized spacial score (nSPS) is 18.4. The van der Waals surface area contributed by atoms with Crippen LogP contribution < -0.4 is 4.90 Å². The number of benzene rings is 1. The van der Waals surface area contributed by atoms with Gasteiger partial charge in [-0.1, -0.05) is 18.2 Å². The maximum atomic E-state index is 14.1. The molecule has 0 aromatic heterocycles. The van der Waals surface area contributed by atoms with E-state index in [9.17, 15) is 18.7 Å². The van der Waals surface area contributed by atoms with Crippen molar-refractivity contribution < 1.29 is 23.4 Å². The zero-order chi connectivity index (χ0) is 15.5. The Labute approximate surface area is 122 Å². The van der Waals surface area contributed by atoms with E-state index >= 15 is 0 Å². The molecule has 0 saturated carbocycles. The van der Waals surface area contributed by atoms with Gasteiger partial charge in [0.2, 0.25) is 0 Å². The predicted octanol–water partition coefficient (Wildman–Crippen LogP) is 2.22. The van der Waals surface area contributed by atoms with Crippen LogP contribution in [0.15, 0.2) is 30.3 Å². The van der Waals surface area contributed by atoms with E-state index in [0.29, 0.717) is 0 Å². The number of rotatable bonds is 4. The van der Waals surface area contributed by atoms with Crippen LogP contribution in [0.4, 0.5) is 14.5 Å². The maximum Gasteiger partial charge on any atom is 0.380 e. The van der Waals surface area contributed by atoms with Crippen molar-refractivity contribution in [1.29, 1.82) is 0 Å². The summed E-state index contributed by atoms with van der Waals surface area (Å²) in [6.45, 7) is 1.84. The van der Waals surface area contributed by atoms with Gasteiger partial charge in [0.05, 0.1) is 6.61 Å². The Kier molecular flexibility index (Phi) is 4.46. The third kappa shape index (κ3) is 3.00. The zero-order valence-electron chi connectivity index (χ0n) is 11.9. The van der Waals surface area contributed by atoms with E-state index in [2.05, 4.69) is 4.74 Å². The van der Waals surface area contributed by atoms with Crippen molar-refractivity contribution in [2.24, 2.45) is 0 Å². The molecule has 116 valence electrons. The van der Waals surface area contributed by atoms with Crippen molar-refractivity contribution >= 4 is 11.7 Å². The number of carbonyl (C=O) groups is 1. The van der Waals surface area contributed by atoms with Gasteiger partial charge in [0.15, 0.2) is 0 Å². The fourth-order valence-corrected chi connectivity index (χ4v) is 2.50. The van der Waals surface area contributed by atoms with Gasteiger partial charge in [-0.25, -0.2) is 4.79 Å². The average Bonchev–Trinajstić information content (AvgIpc) is 2.49. The number of para-hydroxylation sites is 1. The molecule has 0 spiro atoms. The minimum Gasteiger partial charge on any atom is -0.461 e. The molecule has 2 rings (SSSR count). The van der Waals surface area contributed by atoms with Crippen molar-refractivity contribution in [3.63, 3.8) is 0 Å². The van der Waals surface area contributed by atoms with E-state index in [1.807, 2.05) is 35.2 Å². The number of ether oxygens (including phenoxy) is 1. The fraction of sp³-hybridized carbons (Fsp3) is 0.533. The number of hydrogen-bond donors (Lipinski definition) is 1. The number of halogens is 2. The van der Waals surface area contributed by atoms with Crippen LogP contribution in [0.1, 0.15) is 19.8 Å².